The molecule has 160 valence electrons. The lowest BCUT2D eigenvalue weighted by Gasteiger charge is -2.24. The molecule has 0 spiro atoms. The molecule has 31 heavy (non-hydrogen) atoms. The van der Waals surface area contributed by atoms with Gasteiger partial charge in [-0.2, -0.15) is 0 Å². The number of anilines is 2. The van der Waals surface area contributed by atoms with Gasteiger partial charge in [-0.05, 0) is 38.0 Å². The summed E-state index contributed by atoms with van der Waals surface area (Å²) in [6, 6.07) is 11.8. The molecule has 0 bridgehead atoms. The van der Waals surface area contributed by atoms with Gasteiger partial charge in [0.2, 0.25) is 11.0 Å². The van der Waals surface area contributed by atoms with E-state index in [0.717, 1.165) is 11.1 Å². The first kappa shape index (κ1) is 21.5. The van der Waals surface area contributed by atoms with Crippen LogP contribution in [0.25, 0.3) is 10.6 Å². The monoisotopic (exact) mass is 475 g/mol. The number of amides is 3. The maximum absolute atomic E-state index is 12.9. The highest BCUT2D eigenvalue weighted by Crippen LogP contribution is 2.31. The van der Waals surface area contributed by atoms with Gasteiger partial charge >= 0.3 is 6.03 Å². The third-order valence-corrected chi connectivity index (χ3v) is 6.45. The number of rotatable bonds is 4. The number of carbonyl (C=O) groups is 2. The van der Waals surface area contributed by atoms with Gasteiger partial charge < -0.3 is 10.2 Å². The predicted molar refractivity (Wildman–Crippen MR) is 124 cm³/mol. The number of urea groups is 1. The predicted octanol–water partition coefficient (Wildman–Crippen LogP) is 5.46. The van der Waals surface area contributed by atoms with E-state index in [0.29, 0.717) is 45.3 Å². The number of hydrogen-bond donors (Lipinski definition) is 2. The molecule has 0 aliphatic carbocycles. The van der Waals surface area contributed by atoms with Crippen LogP contribution in [0.3, 0.4) is 0 Å². The molecule has 0 saturated carbocycles. The van der Waals surface area contributed by atoms with Crippen LogP contribution < -0.4 is 10.6 Å². The highest BCUT2D eigenvalue weighted by Gasteiger charge is 2.35. The van der Waals surface area contributed by atoms with Crippen LogP contribution in [0.2, 0.25) is 10.0 Å². The summed E-state index contributed by atoms with van der Waals surface area (Å²) in [5.74, 6) is -0.301. The van der Waals surface area contributed by atoms with Gasteiger partial charge in [0.15, 0.2) is 0 Å². The van der Waals surface area contributed by atoms with Crippen LogP contribution >= 0.6 is 34.5 Å². The summed E-state index contributed by atoms with van der Waals surface area (Å²) in [7, 11) is 0. The summed E-state index contributed by atoms with van der Waals surface area (Å²) >= 11 is 13.6. The van der Waals surface area contributed by atoms with E-state index in [9.17, 15) is 9.59 Å². The molecule has 3 amide bonds. The first-order chi connectivity index (χ1) is 14.9. The molecule has 1 atom stereocenters. The lowest BCUT2D eigenvalue weighted by Crippen LogP contribution is -2.45. The average Bonchev–Trinajstić information content (AvgIpc) is 3.40. The SMILES string of the molecule is Cc1cccc(-c2nnc(NC(=O)C3CCCN3C(=O)Nc3c(Cl)cccc3Cl)s2)c1. The van der Waals surface area contributed by atoms with Gasteiger partial charge in [-0.15, -0.1) is 10.2 Å². The van der Waals surface area contributed by atoms with E-state index in [4.69, 9.17) is 23.2 Å². The van der Waals surface area contributed by atoms with Crippen LogP contribution in [-0.2, 0) is 4.79 Å². The lowest BCUT2D eigenvalue weighted by molar-refractivity contribution is -0.119. The van der Waals surface area contributed by atoms with E-state index in [1.807, 2.05) is 31.2 Å². The number of benzene rings is 2. The normalized spacial score (nSPS) is 15.7. The van der Waals surface area contributed by atoms with E-state index < -0.39 is 12.1 Å². The molecule has 10 heteroatoms. The van der Waals surface area contributed by atoms with Crippen LogP contribution in [0.1, 0.15) is 18.4 Å². The second-order valence-electron chi connectivity index (χ2n) is 7.15. The molecule has 2 N–H and O–H groups in total. The van der Waals surface area contributed by atoms with Crippen LogP contribution in [0, 0.1) is 6.92 Å². The van der Waals surface area contributed by atoms with Crippen LogP contribution in [0.4, 0.5) is 15.6 Å². The highest BCUT2D eigenvalue weighted by molar-refractivity contribution is 7.18. The van der Waals surface area contributed by atoms with Crippen molar-refractivity contribution >= 4 is 57.3 Å². The zero-order valence-corrected chi connectivity index (χ0v) is 18.9. The zero-order valence-electron chi connectivity index (χ0n) is 16.6. The largest absolute Gasteiger partial charge is 0.322 e. The molecule has 1 aliphatic heterocycles. The first-order valence-electron chi connectivity index (χ1n) is 9.65. The molecule has 3 aromatic rings. The second-order valence-corrected chi connectivity index (χ2v) is 8.94. The number of halogens is 2. The Morgan fingerprint density at radius 3 is 2.58 bits per heavy atom. The minimum Gasteiger partial charge on any atom is -0.312 e. The number of aryl methyl sites for hydroxylation is 1. The number of likely N-dealkylation sites (tertiary alicyclic amines) is 1. The van der Waals surface area contributed by atoms with Crippen molar-refractivity contribution in [2.75, 3.05) is 17.2 Å². The average molecular weight is 476 g/mol. The second kappa shape index (κ2) is 9.21. The Hall–Kier alpha value is -2.68. The number of aromatic nitrogens is 2. The Balaban J connectivity index is 1.44. The quantitative estimate of drug-likeness (QED) is 0.524. The van der Waals surface area contributed by atoms with E-state index in [2.05, 4.69) is 20.8 Å². The van der Waals surface area contributed by atoms with Crippen molar-refractivity contribution in [1.82, 2.24) is 15.1 Å². The topological polar surface area (TPSA) is 87.2 Å². The van der Waals surface area contributed by atoms with Crippen LogP contribution in [0.15, 0.2) is 42.5 Å². The minimum atomic E-state index is -0.618. The molecule has 1 aliphatic rings. The zero-order chi connectivity index (χ0) is 22.0. The van der Waals surface area contributed by atoms with Crippen molar-refractivity contribution < 1.29 is 9.59 Å². The molecule has 1 unspecified atom stereocenters. The van der Waals surface area contributed by atoms with Crippen molar-refractivity contribution in [3.05, 3.63) is 58.1 Å². The molecule has 1 saturated heterocycles. The smallest absolute Gasteiger partial charge is 0.312 e. The fourth-order valence-corrected chi connectivity index (χ4v) is 4.67. The third kappa shape index (κ3) is 4.81. The Labute approximate surface area is 193 Å². The summed E-state index contributed by atoms with van der Waals surface area (Å²) in [6.45, 7) is 2.46. The van der Waals surface area contributed by atoms with Crippen molar-refractivity contribution in [2.24, 2.45) is 0 Å². The minimum absolute atomic E-state index is 0.301. The van der Waals surface area contributed by atoms with Crippen LogP contribution in [-0.4, -0.2) is 39.6 Å². The fourth-order valence-electron chi connectivity index (χ4n) is 3.44. The standard InChI is InChI=1S/C21H19Cl2N5O2S/c1-12-5-2-6-13(11-12)19-26-27-20(31-19)25-18(29)16-9-4-10-28(16)21(30)24-17-14(22)7-3-8-15(17)23/h2-3,5-8,11,16H,4,9-10H2,1H3,(H,24,30)(H,25,27,29). The number of nitrogens with zero attached hydrogens (tertiary/aromatic N) is 3. The lowest BCUT2D eigenvalue weighted by atomic mass is 10.1. The first-order valence-corrected chi connectivity index (χ1v) is 11.2. The molecule has 1 fully saturated rings. The Bertz CT molecular complexity index is 1120. The summed E-state index contributed by atoms with van der Waals surface area (Å²) in [5, 5.41) is 15.5. The number of para-hydroxylation sites is 1. The molecular weight excluding hydrogens is 457 g/mol. The third-order valence-electron chi connectivity index (χ3n) is 4.93. The Morgan fingerprint density at radius 1 is 1.10 bits per heavy atom. The fraction of sp³-hybridized carbons (Fsp3) is 0.238. The molecular formula is C21H19Cl2N5O2S. The number of hydrogen-bond acceptors (Lipinski definition) is 5. The van der Waals surface area contributed by atoms with E-state index >= 15 is 0 Å². The van der Waals surface area contributed by atoms with Gasteiger partial charge in [-0.25, -0.2) is 4.79 Å². The Kier molecular flexibility index (Phi) is 6.41. The van der Waals surface area contributed by atoms with Crippen LogP contribution in [0.5, 0.6) is 0 Å². The van der Waals surface area contributed by atoms with Crippen molar-refractivity contribution in [2.45, 2.75) is 25.8 Å². The van der Waals surface area contributed by atoms with Gasteiger partial charge in [-0.3, -0.25) is 10.1 Å². The molecule has 1 aromatic heterocycles. The summed E-state index contributed by atoms with van der Waals surface area (Å²) < 4.78 is 0. The number of nitrogens with one attached hydrogen (secondary N) is 2. The summed E-state index contributed by atoms with van der Waals surface area (Å²) in [6.07, 6.45) is 1.27. The van der Waals surface area contributed by atoms with Gasteiger partial charge in [0.25, 0.3) is 0 Å². The summed E-state index contributed by atoms with van der Waals surface area (Å²) in [5.41, 5.74) is 2.38. The summed E-state index contributed by atoms with van der Waals surface area (Å²) in [4.78, 5) is 27.2. The maximum atomic E-state index is 12.9. The van der Waals surface area contributed by atoms with Gasteiger partial charge in [0.05, 0.1) is 15.7 Å². The highest BCUT2D eigenvalue weighted by atomic mass is 35.5. The van der Waals surface area contributed by atoms with E-state index in [-0.39, 0.29) is 5.91 Å². The Morgan fingerprint density at radius 2 is 1.84 bits per heavy atom. The van der Waals surface area contributed by atoms with Crippen molar-refractivity contribution in [1.29, 1.82) is 0 Å². The molecule has 2 heterocycles. The number of carbonyl (C=O) groups excluding carboxylic acids is 2. The molecule has 2 aromatic carbocycles. The van der Waals surface area contributed by atoms with Crippen molar-refractivity contribution in [3.63, 3.8) is 0 Å². The molecule has 0 radical (unpaired) electrons. The van der Waals surface area contributed by atoms with Gasteiger partial charge in [0, 0.05) is 12.1 Å². The van der Waals surface area contributed by atoms with E-state index in [1.165, 1.54) is 16.2 Å². The van der Waals surface area contributed by atoms with Gasteiger partial charge in [0.1, 0.15) is 11.0 Å². The maximum Gasteiger partial charge on any atom is 0.322 e. The molecule has 4 rings (SSSR count). The van der Waals surface area contributed by atoms with Crippen molar-refractivity contribution in [3.8, 4) is 10.6 Å². The molecule has 7 nitrogen and oxygen atoms in total. The van der Waals surface area contributed by atoms with E-state index in [1.54, 1.807) is 18.2 Å². The van der Waals surface area contributed by atoms with Gasteiger partial charge in [-0.1, -0.05) is 64.4 Å².